The first kappa shape index (κ1) is 17.4. The third kappa shape index (κ3) is 5.02. The molecule has 0 aliphatic rings. The van der Waals surface area contributed by atoms with Crippen LogP contribution >= 0.6 is 0 Å². The molecule has 0 spiro atoms. The summed E-state index contributed by atoms with van der Waals surface area (Å²) >= 11 is 0. The summed E-state index contributed by atoms with van der Waals surface area (Å²) < 4.78 is 4.64. The molecular formula is C16H18N2O4. The maximum Gasteiger partial charge on any atom is 0.328 e. The van der Waals surface area contributed by atoms with Crippen LogP contribution in [0.1, 0.15) is 42.1 Å². The smallest absolute Gasteiger partial charge is 0.328 e. The van der Waals surface area contributed by atoms with Gasteiger partial charge in [-0.15, -0.1) is 0 Å². The Morgan fingerprint density at radius 2 is 1.91 bits per heavy atom. The highest BCUT2D eigenvalue weighted by Gasteiger charge is 2.22. The molecule has 0 radical (unpaired) electrons. The summed E-state index contributed by atoms with van der Waals surface area (Å²) in [6.07, 6.45) is 0.780. The van der Waals surface area contributed by atoms with Gasteiger partial charge in [0.2, 0.25) is 0 Å². The monoisotopic (exact) mass is 302 g/mol. The highest BCUT2D eigenvalue weighted by Crippen LogP contribution is 2.07. The number of amides is 1. The molecule has 0 aliphatic carbocycles. The second-order valence-electron chi connectivity index (χ2n) is 4.67. The first-order chi connectivity index (χ1) is 10.5. The van der Waals surface area contributed by atoms with Gasteiger partial charge in [-0.1, -0.05) is 6.92 Å². The third-order valence-corrected chi connectivity index (χ3v) is 3.17. The van der Waals surface area contributed by atoms with E-state index in [-0.39, 0.29) is 18.6 Å². The minimum absolute atomic E-state index is 0.0153. The second kappa shape index (κ2) is 8.57. The lowest BCUT2D eigenvalue weighted by Crippen LogP contribution is -2.41. The summed E-state index contributed by atoms with van der Waals surface area (Å²) in [6.45, 7) is 1.74. The molecule has 0 aliphatic heterocycles. The number of rotatable bonds is 7. The number of methoxy groups -OCH3 is 1. The summed E-state index contributed by atoms with van der Waals surface area (Å²) in [7, 11) is 1.23. The van der Waals surface area contributed by atoms with Crippen LogP contribution in [0.3, 0.4) is 0 Å². The van der Waals surface area contributed by atoms with E-state index in [1.54, 1.807) is 6.92 Å². The Morgan fingerprint density at radius 3 is 2.41 bits per heavy atom. The standard InChI is InChI=1S/C16H18N2O4/c1-3-13(19)8-9-14(16(21)22-2)18-15(20)12-6-4-11(10-17)5-7-12/h4-7,14H,3,8-9H2,1-2H3,(H,18,20)/t14-/m1/s1. The van der Waals surface area contributed by atoms with Gasteiger partial charge in [0.05, 0.1) is 18.7 Å². The van der Waals surface area contributed by atoms with Crippen LogP contribution < -0.4 is 5.32 Å². The Bertz CT molecular complexity index is 587. The van der Waals surface area contributed by atoms with Gasteiger partial charge in [0.1, 0.15) is 11.8 Å². The summed E-state index contributed by atoms with van der Waals surface area (Å²) in [5.41, 5.74) is 0.768. The van der Waals surface area contributed by atoms with E-state index in [1.807, 2.05) is 6.07 Å². The molecule has 0 unspecified atom stereocenters. The topological polar surface area (TPSA) is 96.3 Å². The molecule has 1 aromatic rings. The Morgan fingerprint density at radius 1 is 1.27 bits per heavy atom. The van der Waals surface area contributed by atoms with E-state index in [0.29, 0.717) is 17.5 Å². The SMILES string of the molecule is CCC(=O)CC[C@@H](NC(=O)c1ccc(C#N)cc1)C(=O)OC. The predicted octanol–water partition coefficient (Wildman–Crippen LogP) is 1.59. The molecule has 0 fully saturated rings. The van der Waals surface area contributed by atoms with Crippen LogP contribution in [0, 0.1) is 11.3 Å². The van der Waals surface area contributed by atoms with E-state index in [1.165, 1.54) is 31.4 Å². The lowest BCUT2D eigenvalue weighted by Gasteiger charge is -2.16. The molecule has 1 atom stereocenters. The maximum atomic E-state index is 12.1. The van der Waals surface area contributed by atoms with E-state index in [0.717, 1.165) is 0 Å². The predicted molar refractivity (Wildman–Crippen MR) is 79.0 cm³/mol. The fourth-order valence-electron chi connectivity index (χ4n) is 1.81. The number of hydrogen-bond donors (Lipinski definition) is 1. The molecular weight excluding hydrogens is 284 g/mol. The quantitative estimate of drug-likeness (QED) is 0.771. The van der Waals surface area contributed by atoms with Crippen molar-refractivity contribution in [3.8, 4) is 6.07 Å². The fourth-order valence-corrected chi connectivity index (χ4v) is 1.81. The minimum atomic E-state index is -0.872. The normalized spacial score (nSPS) is 11.1. The number of carbonyl (C=O) groups excluding carboxylic acids is 3. The first-order valence-corrected chi connectivity index (χ1v) is 6.92. The van der Waals surface area contributed by atoms with Crippen molar-refractivity contribution < 1.29 is 19.1 Å². The molecule has 6 nitrogen and oxygen atoms in total. The molecule has 0 saturated carbocycles. The van der Waals surface area contributed by atoms with Crippen molar-refractivity contribution in [1.82, 2.24) is 5.32 Å². The van der Waals surface area contributed by atoms with E-state index in [9.17, 15) is 14.4 Å². The van der Waals surface area contributed by atoms with Gasteiger partial charge in [0, 0.05) is 18.4 Å². The average Bonchev–Trinajstić information content (AvgIpc) is 2.57. The van der Waals surface area contributed by atoms with Crippen LogP contribution in [0.2, 0.25) is 0 Å². The van der Waals surface area contributed by atoms with Crippen LogP contribution in [0.4, 0.5) is 0 Å². The molecule has 0 heterocycles. The molecule has 0 bridgehead atoms. The van der Waals surface area contributed by atoms with Gasteiger partial charge in [-0.3, -0.25) is 9.59 Å². The molecule has 6 heteroatoms. The van der Waals surface area contributed by atoms with Crippen LogP contribution in [0.5, 0.6) is 0 Å². The van der Waals surface area contributed by atoms with E-state index >= 15 is 0 Å². The van der Waals surface area contributed by atoms with Crippen molar-refractivity contribution >= 4 is 17.7 Å². The van der Waals surface area contributed by atoms with Crippen LogP contribution in [0.25, 0.3) is 0 Å². The van der Waals surface area contributed by atoms with E-state index < -0.39 is 17.9 Å². The number of ether oxygens (including phenoxy) is 1. The van der Waals surface area contributed by atoms with Crippen molar-refractivity contribution in [2.45, 2.75) is 32.2 Å². The van der Waals surface area contributed by atoms with E-state index in [4.69, 9.17) is 5.26 Å². The Balaban J connectivity index is 2.75. The van der Waals surface area contributed by atoms with Gasteiger partial charge in [-0.2, -0.15) is 5.26 Å². The highest BCUT2D eigenvalue weighted by atomic mass is 16.5. The molecule has 1 amide bonds. The van der Waals surface area contributed by atoms with Crippen molar-refractivity contribution in [2.75, 3.05) is 7.11 Å². The number of benzene rings is 1. The lowest BCUT2D eigenvalue weighted by atomic mass is 10.1. The van der Waals surface area contributed by atoms with Gasteiger partial charge in [0.25, 0.3) is 5.91 Å². The summed E-state index contributed by atoms with van der Waals surface area (Å²) in [5.74, 6) is -1.03. The summed E-state index contributed by atoms with van der Waals surface area (Å²) in [4.78, 5) is 35.1. The zero-order valence-corrected chi connectivity index (χ0v) is 12.6. The molecule has 0 saturated heterocycles. The van der Waals surface area contributed by atoms with Crippen LogP contribution in [0.15, 0.2) is 24.3 Å². The molecule has 1 rings (SSSR count). The molecule has 1 N–H and O–H groups in total. The zero-order valence-electron chi connectivity index (χ0n) is 12.6. The molecule has 0 aromatic heterocycles. The highest BCUT2D eigenvalue weighted by molar-refractivity contribution is 5.97. The maximum absolute atomic E-state index is 12.1. The van der Waals surface area contributed by atoms with Crippen molar-refractivity contribution in [3.05, 3.63) is 35.4 Å². The van der Waals surface area contributed by atoms with Gasteiger partial charge >= 0.3 is 5.97 Å². The van der Waals surface area contributed by atoms with Gasteiger partial charge in [-0.25, -0.2) is 4.79 Å². The number of hydrogen-bond acceptors (Lipinski definition) is 5. The van der Waals surface area contributed by atoms with Gasteiger partial charge in [0.15, 0.2) is 0 Å². The van der Waals surface area contributed by atoms with Gasteiger partial charge < -0.3 is 10.1 Å². The Hall–Kier alpha value is -2.68. The minimum Gasteiger partial charge on any atom is -0.467 e. The first-order valence-electron chi connectivity index (χ1n) is 6.92. The zero-order chi connectivity index (χ0) is 16.5. The Kier molecular flexibility index (Phi) is 6.77. The summed E-state index contributed by atoms with van der Waals surface area (Å²) in [6, 6.07) is 7.12. The second-order valence-corrected chi connectivity index (χ2v) is 4.67. The number of ketones is 1. The van der Waals surface area contributed by atoms with Crippen LogP contribution in [-0.4, -0.2) is 30.8 Å². The number of Topliss-reactive ketones (excluding diaryl/α,β-unsaturated/α-hetero) is 1. The number of nitrogens with one attached hydrogen (secondary N) is 1. The van der Waals surface area contributed by atoms with Crippen LogP contribution in [-0.2, 0) is 14.3 Å². The van der Waals surface area contributed by atoms with Crippen molar-refractivity contribution in [3.63, 3.8) is 0 Å². The fraction of sp³-hybridized carbons (Fsp3) is 0.375. The average molecular weight is 302 g/mol. The number of nitriles is 1. The number of nitrogens with zero attached hydrogens (tertiary/aromatic N) is 1. The number of carbonyl (C=O) groups is 3. The number of esters is 1. The van der Waals surface area contributed by atoms with E-state index in [2.05, 4.69) is 10.1 Å². The molecule has 1 aromatic carbocycles. The third-order valence-electron chi connectivity index (χ3n) is 3.17. The summed E-state index contributed by atoms with van der Waals surface area (Å²) in [5, 5.41) is 11.3. The van der Waals surface area contributed by atoms with Crippen molar-refractivity contribution in [1.29, 1.82) is 5.26 Å². The van der Waals surface area contributed by atoms with Gasteiger partial charge in [-0.05, 0) is 30.7 Å². The molecule has 22 heavy (non-hydrogen) atoms. The van der Waals surface area contributed by atoms with Crippen molar-refractivity contribution in [2.24, 2.45) is 0 Å². The largest absolute Gasteiger partial charge is 0.467 e. The molecule has 116 valence electrons. The Labute approximate surface area is 129 Å². The lowest BCUT2D eigenvalue weighted by molar-refractivity contribution is -0.143.